The molecule has 2 saturated heterocycles. The van der Waals surface area contributed by atoms with E-state index in [1.807, 2.05) is 0 Å². The summed E-state index contributed by atoms with van der Waals surface area (Å²) in [4.78, 5) is 2.67. The molecular formula is C14H28N2O. The van der Waals surface area contributed by atoms with E-state index >= 15 is 0 Å². The van der Waals surface area contributed by atoms with Crippen LogP contribution >= 0.6 is 0 Å². The van der Waals surface area contributed by atoms with E-state index in [9.17, 15) is 0 Å². The van der Waals surface area contributed by atoms with E-state index in [1.165, 1.54) is 51.9 Å². The molecule has 3 nitrogen and oxygen atoms in total. The molecule has 0 saturated carbocycles. The molecular weight excluding hydrogens is 212 g/mol. The molecule has 0 aliphatic carbocycles. The van der Waals surface area contributed by atoms with Crippen molar-refractivity contribution in [2.75, 3.05) is 32.8 Å². The Morgan fingerprint density at radius 2 is 2.18 bits per heavy atom. The van der Waals surface area contributed by atoms with E-state index in [0.29, 0.717) is 6.10 Å². The third-order valence-electron chi connectivity index (χ3n) is 4.40. The van der Waals surface area contributed by atoms with Crippen LogP contribution < -0.4 is 5.32 Å². The molecule has 3 unspecified atom stereocenters. The van der Waals surface area contributed by atoms with Gasteiger partial charge in [0.2, 0.25) is 0 Å². The first-order chi connectivity index (χ1) is 8.29. The van der Waals surface area contributed by atoms with Gasteiger partial charge in [0.15, 0.2) is 0 Å². The summed E-state index contributed by atoms with van der Waals surface area (Å²) in [5.41, 5.74) is 0. The Kier molecular flexibility index (Phi) is 5.26. The van der Waals surface area contributed by atoms with Gasteiger partial charge in [-0.05, 0) is 58.2 Å². The molecule has 17 heavy (non-hydrogen) atoms. The summed E-state index contributed by atoms with van der Waals surface area (Å²) in [5.74, 6) is 0.766. The predicted octanol–water partition coefficient (Wildman–Crippen LogP) is 1.88. The van der Waals surface area contributed by atoms with Crippen LogP contribution in [-0.2, 0) is 4.74 Å². The van der Waals surface area contributed by atoms with Gasteiger partial charge in [0.25, 0.3) is 0 Å². The van der Waals surface area contributed by atoms with E-state index in [0.717, 1.165) is 18.6 Å². The Labute approximate surface area is 106 Å². The zero-order valence-corrected chi connectivity index (χ0v) is 11.5. The minimum Gasteiger partial charge on any atom is -0.378 e. The molecule has 3 atom stereocenters. The van der Waals surface area contributed by atoms with Gasteiger partial charge in [0, 0.05) is 19.2 Å². The van der Waals surface area contributed by atoms with Crippen molar-refractivity contribution in [3.05, 3.63) is 0 Å². The summed E-state index contributed by atoms with van der Waals surface area (Å²) in [6.07, 6.45) is 5.58. The van der Waals surface area contributed by atoms with Crippen LogP contribution in [0.2, 0.25) is 0 Å². The standard InChI is InChI=1S/C14H28N2O/c1-3-14-5-9-16(8-4-7-15-14)11-13-6-10-17-12(13)2/h12-15H,3-11H2,1-2H3. The van der Waals surface area contributed by atoms with Gasteiger partial charge in [-0.1, -0.05) is 6.92 Å². The lowest BCUT2D eigenvalue weighted by Gasteiger charge is -2.31. The Bertz CT molecular complexity index is 222. The molecule has 2 heterocycles. The van der Waals surface area contributed by atoms with Crippen molar-refractivity contribution in [3.8, 4) is 0 Å². The molecule has 0 spiro atoms. The number of hydrogen-bond acceptors (Lipinski definition) is 3. The Morgan fingerprint density at radius 1 is 1.29 bits per heavy atom. The smallest absolute Gasteiger partial charge is 0.0588 e. The molecule has 2 fully saturated rings. The SMILES string of the molecule is CCC1CCN(CC2CCOC2C)CCCN1. The normalized spacial score (nSPS) is 36.7. The first-order valence-corrected chi connectivity index (χ1v) is 7.37. The maximum atomic E-state index is 5.67. The summed E-state index contributed by atoms with van der Waals surface area (Å²) < 4.78 is 5.67. The predicted molar refractivity (Wildman–Crippen MR) is 71.3 cm³/mol. The molecule has 0 aromatic heterocycles. The molecule has 100 valence electrons. The van der Waals surface area contributed by atoms with Gasteiger partial charge >= 0.3 is 0 Å². The van der Waals surface area contributed by atoms with Gasteiger partial charge in [-0.2, -0.15) is 0 Å². The van der Waals surface area contributed by atoms with Crippen LogP contribution in [0, 0.1) is 5.92 Å². The summed E-state index contributed by atoms with van der Waals surface area (Å²) in [7, 11) is 0. The van der Waals surface area contributed by atoms with Gasteiger partial charge in [0.05, 0.1) is 6.10 Å². The highest BCUT2D eigenvalue weighted by molar-refractivity contribution is 4.79. The lowest BCUT2D eigenvalue weighted by atomic mass is 10.0. The zero-order valence-electron chi connectivity index (χ0n) is 11.5. The summed E-state index contributed by atoms with van der Waals surface area (Å²) in [6.45, 7) is 10.4. The molecule has 1 N–H and O–H groups in total. The first kappa shape index (κ1) is 13.3. The Morgan fingerprint density at radius 3 is 2.88 bits per heavy atom. The minimum atomic E-state index is 0.473. The van der Waals surface area contributed by atoms with Crippen LogP contribution in [0.3, 0.4) is 0 Å². The lowest BCUT2D eigenvalue weighted by molar-refractivity contribution is 0.0902. The van der Waals surface area contributed by atoms with Crippen molar-refractivity contribution in [3.63, 3.8) is 0 Å². The highest BCUT2D eigenvalue weighted by Gasteiger charge is 2.26. The summed E-state index contributed by atoms with van der Waals surface area (Å²) in [6, 6.07) is 0.732. The van der Waals surface area contributed by atoms with E-state index < -0.39 is 0 Å². The van der Waals surface area contributed by atoms with Crippen molar-refractivity contribution in [1.82, 2.24) is 10.2 Å². The van der Waals surface area contributed by atoms with Crippen molar-refractivity contribution >= 4 is 0 Å². The van der Waals surface area contributed by atoms with E-state index in [4.69, 9.17) is 4.74 Å². The maximum absolute atomic E-state index is 5.67. The number of nitrogens with zero attached hydrogens (tertiary/aromatic N) is 1. The molecule has 2 aliphatic heterocycles. The van der Waals surface area contributed by atoms with Crippen molar-refractivity contribution in [1.29, 1.82) is 0 Å². The molecule has 0 aromatic carbocycles. The monoisotopic (exact) mass is 240 g/mol. The second-order valence-corrected chi connectivity index (χ2v) is 5.63. The fourth-order valence-electron chi connectivity index (χ4n) is 3.04. The molecule has 0 amide bonds. The first-order valence-electron chi connectivity index (χ1n) is 7.37. The summed E-state index contributed by atoms with van der Waals surface area (Å²) >= 11 is 0. The largest absolute Gasteiger partial charge is 0.378 e. The van der Waals surface area contributed by atoms with Crippen molar-refractivity contribution < 1.29 is 4.74 Å². The molecule has 0 radical (unpaired) electrons. The van der Waals surface area contributed by atoms with Crippen LogP contribution in [0.4, 0.5) is 0 Å². The molecule has 0 bridgehead atoms. The van der Waals surface area contributed by atoms with E-state index in [-0.39, 0.29) is 0 Å². The van der Waals surface area contributed by atoms with Crippen LogP contribution in [0.15, 0.2) is 0 Å². The fourth-order valence-corrected chi connectivity index (χ4v) is 3.04. The third kappa shape index (κ3) is 3.94. The van der Waals surface area contributed by atoms with Gasteiger partial charge in [-0.15, -0.1) is 0 Å². The average molecular weight is 240 g/mol. The van der Waals surface area contributed by atoms with Crippen LogP contribution in [0.5, 0.6) is 0 Å². The number of nitrogens with one attached hydrogen (secondary N) is 1. The van der Waals surface area contributed by atoms with E-state index in [1.54, 1.807) is 0 Å². The van der Waals surface area contributed by atoms with Gasteiger partial charge in [0.1, 0.15) is 0 Å². The second-order valence-electron chi connectivity index (χ2n) is 5.63. The number of rotatable bonds is 3. The highest BCUT2D eigenvalue weighted by Crippen LogP contribution is 2.22. The number of ether oxygens (including phenoxy) is 1. The molecule has 0 aromatic rings. The van der Waals surface area contributed by atoms with Crippen LogP contribution in [0.1, 0.15) is 39.5 Å². The Hall–Kier alpha value is -0.120. The van der Waals surface area contributed by atoms with Gasteiger partial charge in [-0.3, -0.25) is 0 Å². The van der Waals surface area contributed by atoms with Gasteiger partial charge in [-0.25, -0.2) is 0 Å². The third-order valence-corrected chi connectivity index (χ3v) is 4.40. The molecule has 2 rings (SSSR count). The molecule has 2 aliphatic rings. The van der Waals surface area contributed by atoms with Crippen molar-refractivity contribution in [2.24, 2.45) is 5.92 Å². The quantitative estimate of drug-likeness (QED) is 0.815. The average Bonchev–Trinajstić information content (AvgIpc) is 2.69. The maximum Gasteiger partial charge on any atom is 0.0588 e. The van der Waals surface area contributed by atoms with Gasteiger partial charge < -0.3 is 15.0 Å². The van der Waals surface area contributed by atoms with E-state index in [2.05, 4.69) is 24.1 Å². The second kappa shape index (κ2) is 6.72. The lowest BCUT2D eigenvalue weighted by Crippen LogP contribution is -2.41. The summed E-state index contributed by atoms with van der Waals surface area (Å²) in [5, 5.41) is 3.64. The molecule has 3 heteroatoms. The highest BCUT2D eigenvalue weighted by atomic mass is 16.5. The fraction of sp³-hybridized carbons (Fsp3) is 1.00. The zero-order chi connectivity index (χ0) is 12.1. The van der Waals surface area contributed by atoms with Crippen LogP contribution in [0.25, 0.3) is 0 Å². The van der Waals surface area contributed by atoms with Crippen molar-refractivity contribution in [2.45, 2.75) is 51.7 Å². The number of hydrogen-bond donors (Lipinski definition) is 1. The topological polar surface area (TPSA) is 24.5 Å². The Balaban J connectivity index is 1.78. The van der Waals surface area contributed by atoms with Crippen LogP contribution in [-0.4, -0.2) is 49.8 Å². The minimum absolute atomic E-state index is 0.473.